The van der Waals surface area contributed by atoms with E-state index < -0.39 is 41.9 Å². The van der Waals surface area contributed by atoms with E-state index in [1.54, 1.807) is 97.9 Å². The molecule has 3 aromatic carbocycles. The van der Waals surface area contributed by atoms with Gasteiger partial charge in [-0.1, -0.05) is 66.2 Å². The fourth-order valence-electron chi connectivity index (χ4n) is 5.13. The normalized spacial score (nSPS) is 20.9. The molecule has 0 amide bonds. The van der Waals surface area contributed by atoms with Gasteiger partial charge in [0.15, 0.2) is 28.7 Å². The second kappa shape index (κ2) is 12.3. The summed E-state index contributed by atoms with van der Waals surface area (Å²) in [6.07, 6.45) is -2.25. The van der Waals surface area contributed by atoms with Crippen molar-refractivity contribution in [3.8, 4) is 0 Å². The van der Waals surface area contributed by atoms with Crippen LogP contribution in [0.25, 0.3) is 11.2 Å². The van der Waals surface area contributed by atoms with Crippen LogP contribution in [0.4, 0.5) is 5.95 Å². The van der Waals surface area contributed by atoms with Crippen molar-refractivity contribution < 1.29 is 33.3 Å². The van der Waals surface area contributed by atoms with E-state index in [0.717, 1.165) is 0 Å². The number of aromatic nitrogens is 4. The molecule has 228 valence electrons. The zero-order chi connectivity index (χ0) is 31.6. The average molecular weight is 628 g/mol. The lowest BCUT2D eigenvalue weighted by molar-refractivity contribution is -0.108. The minimum atomic E-state index is -1.74. The first-order chi connectivity index (χ1) is 21.7. The van der Waals surface area contributed by atoms with Crippen LogP contribution >= 0.6 is 11.6 Å². The highest BCUT2D eigenvalue weighted by atomic mass is 35.5. The summed E-state index contributed by atoms with van der Waals surface area (Å²) in [6, 6.07) is 25.0. The van der Waals surface area contributed by atoms with E-state index in [-0.39, 0.29) is 40.0 Å². The molecule has 12 nitrogen and oxygen atoms in total. The van der Waals surface area contributed by atoms with E-state index in [1.165, 1.54) is 10.9 Å². The Labute approximate surface area is 261 Å². The summed E-state index contributed by atoms with van der Waals surface area (Å²) < 4.78 is 25.7. The Morgan fingerprint density at radius 1 is 0.867 bits per heavy atom. The number of ether oxygens (including phenoxy) is 4. The molecule has 0 aliphatic carbocycles. The molecule has 13 heteroatoms. The van der Waals surface area contributed by atoms with Crippen LogP contribution in [0.15, 0.2) is 97.3 Å². The molecule has 1 saturated heterocycles. The third-order valence-electron chi connectivity index (χ3n) is 7.30. The van der Waals surface area contributed by atoms with Gasteiger partial charge in [-0.3, -0.25) is 4.57 Å². The smallest absolute Gasteiger partial charge is 0.338 e. The van der Waals surface area contributed by atoms with Crippen LogP contribution in [-0.2, 0) is 18.9 Å². The summed E-state index contributed by atoms with van der Waals surface area (Å²) >= 11 is 6.29. The summed E-state index contributed by atoms with van der Waals surface area (Å²) in [4.78, 5) is 52.5. The first-order valence-electron chi connectivity index (χ1n) is 13.8. The fraction of sp³-hybridized carbons (Fsp3) is 0.188. The first kappa shape index (κ1) is 29.7. The molecule has 5 aromatic rings. The molecule has 2 N–H and O–H groups in total. The second-order valence-corrected chi connectivity index (χ2v) is 10.7. The molecule has 0 bridgehead atoms. The maximum Gasteiger partial charge on any atom is 0.338 e. The molecule has 0 spiro atoms. The minimum absolute atomic E-state index is 0.00220. The Bertz CT molecular complexity index is 1860. The standard InChI is InChI=1S/C32H26ClN5O7/c1-32(45-29(41)21-15-9-4-10-16-21)24(44-28(40)20-13-7-3-8-14-20)22(17-42-27(39)19-11-5-2-6-12-19)43-30(32)38-18-35-23-25(33)36-31(34)37-26(23)38/h2-16,18,22,24,30H,17H2,1H3,(H2,34,36,37)/t22?,24-,30?,32-/m1/s1. The Balaban J connectivity index is 1.43. The number of nitrogens with two attached hydrogens (primary N) is 1. The monoisotopic (exact) mass is 627 g/mol. The third-order valence-corrected chi connectivity index (χ3v) is 7.56. The van der Waals surface area contributed by atoms with Crippen LogP contribution in [-0.4, -0.2) is 61.8 Å². The highest BCUT2D eigenvalue weighted by Crippen LogP contribution is 2.45. The van der Waals surface area contributed by atoms with Gasteiger partial charge in [0, 0.05) is 0 Å². The van der Waals surface area contributed by atoms with E-state index in [1.807, 2.05) is 0 Å². The van der Waals surface area contributed by atoms with Gasteiger partial charge in [-0.15, -0.1) is 0 Å². The van der Waals surface area contributed by atoms with Gasteiger partial charge in [0.25, 0.3) is 0 Å². The molecule has 1 fully saturated rings. The number of nitrogens with zero attached hydrogens (tertiary/aromatic N) is 4. The molecule has 2 unspecified atom stereocenters. The van der Waals surface area contributed by atoms with Gasteiger partial charge in [0.1, 0.15) is 18.2 Å². The molecular weight excluding hydrogens is 602 g/mol. The van der Waals surface area contributed by atoms with E-state index >= 15 is 0 Å². The average Bonchev–Trinajstić information content (AvgIpc) is 3.59. The van der Waals surface area contributed by atoms with Crippen molar-refractivity contribution in [1.29, 1.82) is 0 Å². The molecule has 45 heavy (non-hydrogen) atoms. The zero-order valence-corrected chi connectivity index (χ0v) is 24.5. The number of rotatable bonds is 8. The fourth-order valence-corrected chi connectivity index (χ4v) is 5.35. The summed E-state index contributed by atoms with van der Waals surface area (Å²) in [5, 5.41) is -0.00220. The number of benzene rings is 3. The van der Waals surface area contributed by atoms with Crippen molar-refractivity contribution >= 4 is 46.6 Å². The van der Waals surface area contributed by atoms with Gasteiger partial charge in [-0.2, -0.15) is 9.97 Å². The summed E-state index contributed by atoms with van der Waals surface area (Å²) in [5.74, 6) is -2.18. The van der Waals surface area contributed by atoms with Crippen LogP contribution in [0.1, 0.15) is 44.2 Å². The Morgan fingerprint density at radius 3 is 2.02 bits per heavy atom. The van der Waals surface area contributed by atoms with Gasteiger partial charge in [-0.05, 0) is 43.3 Å². The second-order valence-electron chi connectivity index (χ2n) is 10.3. The van der Waals surface area contributed by atoms with Gasteiger partial charge >= 0.3 is 17.9 Å². The number of hydrogen-bond acceptors (Lipinski definition) is 11. The number of anilines is 1. The van der Waals surface area contributed by atoms with Crippen molar-refractivity contribution in [2.75, 3.05) is 12.3 Å². The summed E-state index contributed by atoms with van der Waals surface area (Å²) in [5.41, 5.74) is 5.35. The van der Waals surface area contributed by atoms with E-state index in [4.69, 9.17) is 36.3 Å². The van der Waals surface area contributed by atoms with Gasteiger partial charge in [-0.25, -0.2) is 19.4 Å². The largest absolute Gasteiger partial charge is 0.459 e. The molecular formula is C32H26ClN5O7. The van der Waals surface area contributed by atoms with Crippen molar-refractivity contribution in [2.45, 2.75) is 31.0 Å². The molecule has 1 aliphatic heterocycles. The number of halogens is 1. The van der Waals surface area contributed by atoms with E-state index in [2.05, 4.69) is 15.0 Å². The molecule has 0 radical (unpaired) electrons. The number of fused-ring (bicyclic) bond motifs is 1. The maximum atomic E-state index is 13.6. The van der Waals surface area contributed by atoms with E-state index in [0.29, 0.717) is 5.56 Å². The highest BCUT2D eigenvalue weighted by Gasteiger charge is 2.60. The summed E-state index contributed by atoms with van der Waals surface area (Å²) in [6.45, 7) is 1.19. The molecule has 2 aromatic heterocycles. The molecule has 0 saturated carbocycles. The van der Waals surface area contributed by atoms with Crippen LogP contribution in [0.3, 0.4) is 0 Å². The predicted octanol–water partition coefficient (Wildman–Crippen LogP) is 4.66. The maximum absolute atomic E-state index is 13.6. The number of esters is 3. The number of carbonyl (C=O) groups excluding carboxylic acids is 3. The Morgan fingerprint density at radius 2 is 1.42 bits per heavy atom. The molecule has 4 atom stereocenters. The van der Waals surface area contributed by atoms with Gasteiger partial charge < -0.3 is 24.7 Å². The van der Waals surface area contributed by atoms with Crippen LogP contribution in [0, 0.1) is 0 Å². The number of imidazole rings is 1. The van der Waals surface area contributed by atoms with Crippen molar-refractivity contribution in [3.05, 3.63) is 119 Å². The lowest BCUT2D eigenvalue weighted by Crippen LogP contribution is -2.50. The van der Waals surface area contributed by atoms with Gasteiger partial charge in [0.05, 0.1) is 23.0 Å². The lowest BCUT2D eigenvalue weighted by Gasteiger charge is -2.34. The lowest BCUT2D eigenvalue weighted by atomic mass is 9.95. The molecule has 1 aliphatic rings. The van der Waals surface area contributed by atoms with Crippen LogP contribution < -0.4 is 5.73 Å². The zero-order valence-electron chi connectivity index (χ0n) is 23.8. The summed E-state index contributed by atoms with van der Waals surface area (Å²) in [7, 11) is 0. The minimum Gasteiger partial charge on any atom is -0.459 e. The topological polar surface area (TPSA) is 158 Å². The van der Waals surface area contributed by atoms with Crippen LogP contribution in [0.5, 0.6) is 0 Å². The van der Waals surface area contributed by atoms with E-state index in [9.17, 15) is 14.4 Å². The highest BCUT2D eigenvalue weighted by molar-refractivity contribution is 6.33. The Kier molecular flexibility index (Phi) is 8.16. The molecule has 6 rings (SSSR count). The predicted molar refractivity (Wildman–Crippen MR) is 161 cm³/mol. The quantitative estimate of drug-likeness (QED) is 0.145. The number of carbonyl (C=O) groups is 3. The van der Waals surface area contributed by atoms with Gasteiger partial charge in [0.2, 0.25) is 5.95 Å². The number of hydrogen-bond donors (Lipinski definition) is 1. The van der Waals surface area contributed by atoms with Crippen LogP contribution in [0.2, 0.25) is 5.15 Å². The number of nitrogen functional groups attached to an aromatic ring is 1. The third kappa shape index (κ3) is 5.93. The SMILES string of the molecule is C[C@]1(OC(=O)c2ccccc2)C(n2cnc3c(Cl)nc(N)nc32)OC(COC(=O)c2ccccc2)[C@H]1OC(=O)c1ccccc1. The Hall–Kier alpha value is -5.33. The van der Waals surface area contributed by atoms with Crippen molar-refractivity contribution in [1.82, 2.24) is 19.5 Å². The van der Waals surface area contributed by atoms with Crippen molar-refractivity contribution in [2.24, 2.45) is 0 Å². The molecule has 3 heterocycles. The first-order valence-corrected chi connectivity index (χ1v) is 14.2. The van der Waals surface area contributed by atoms with Crippen molar-refractivity contribution in [3.63, 3.8) is 0 Å².